The second kappa shape index (κ2) is 40.3. The fourth-order valence-electron chi connectivity index (χ4n) is 8.40. The van der Waals surface area contributed by atoms with E-state index in [0.717, 1.165) is 38.5 Å². The largest absolute Gasteiger partial charge is 0.394 e. The Morgan fingerprint density at radius 3 is 1.22 bits per heavy atom. The number of hydrogen-bond acceptors (Lipinski definition) is 8. The molecule has 0 spiro atoms. The van der Waals surface area contributed by atoms with Crippen molar-refractivity contribution >= 4 is 5.91 Å². The van der Waals surface area contributed by atoms with Gasteiger partial charge in [0.1, 0.15) is 24.4 Å². The van der Waals surface area contributed by atoms with Crippen LogP contribution in [0.4, 0.5) is 0 Å². The maximum Gasteiger partial charge on any atom is 0.220 e. The third-order valence-corrected chi connectivity index (χ3v) is 12.5. The van der Waals surface area contributed by atoms with E-state index in [1.165, 1.54) is 186 Å². The van der Waals surface area contributed by atoms with E-state index >= 15 is 0 Å². The first-order valence-electron chi connectivity index (χ1n) is 25.2. The van der Waals surface area contributed by atoms with Gasteiger partial charge in [-0.25, -0.2) is 0 Å². The van der Waals surface area contributed by atoms with E-state index in [-0.39, 0.29) is 12.5 Å². The molecule has 1 rings (SSSR count). The number of ether oxygens (including phenoxy) is 2. The Morgan fingerprint density at radius 1 is 0.517 bits per heavy atom. The van der Waals surface area contributed by atoms with Gasteiger partial charge in [-0.15, -0.1) is 0 Å². The predicted molar refractivity (Wildman–Crippen MR) is 240 cm³/mol. The highest BCUT2D eigenvalue weighted by atomic mass is 16.7. The highest BCUT2D eigenvalue weighted by molar-refractivity contribution is 5.76. The molecule has 0 radical (unpaired) electrons. The van der Waals surface area contributed by atoms with E-state index in [1.54, 1.807) is 0 Å². The first-order chi connectivity index (χ1) is 28.3. The Bertz CT molecular complexity index is 878. The zero-order valence-corrected chi connectivity index (χ0v) is 38.1. The molecule has 1 aliphatic rings. The van der Waals surface area contributed by atoms with Gasteiger partial charge < -0.3 is 40.3 Å². The van der Waals surface area contributed by atoms with Gasteiger partial charge in [-0.1, -0.05) is 232 Å². The van der Waals surface area contributed by atoms with Crippen LogP contribution < -0.4 is 5.32 Å². The summed E-state index contributed by atoms with van der Waals surface area (Å²) in [5, 5.41) is 54.3. The van der Waals surface area contributed by atoms with Gasteiger partial charge in [0, 0.05) is 6.42 Å². The zero-order valence-electron chi connectivity index (χ0n) is 38.1. The van der Waals surface area contributed by atoms with Crippen molar-refractivity contribution in [2.24, 2.45) is 0 Å². The molecule has 9 heteroatoms. The molecule has 0 aromatic rings. The Kier molecular flexibility index (Phi) is 38.3. The SMILES string of the molecule is CCCCCCCCCCCCCCCCCCCCCCCCCCC(=O)NC(COC1OC(CO)C(O)C(O)C1O)C(O)CCCCCCCCCCCCC. The Morgan fingerprint density at radius 2 is 0.862 bits per heavy atom. The molecule has 346 valence electrons. The van der Waals surface area contributed by atoms with Gasteiger partial charge >= 0.3 is 0 Å². The lowest BCUT2D eigenvalue weighted by molar-refractivity contribution is -0.302. The summed E-state index contributed by atoms with van der Waals surface area (Å²) in [5.41, 5.74) is 0. The van der Waals surface area contributed by atoms with Gasteiger partial charge in [0.25, 0.3) is 0 Å². The van der Waals surface area contributed by atoms with Crippen molar-refractivity contribution < 1.29 is 39.8 Å². The summed E-state index contributed by atoms with van der Waals surface area (Å²) in [6.07, 6.45) is 38.4. The molecule has 0 bridgehead atoms. The van der Waals surface area contributed by atoms with Gasteiger partial charge in [0.2, 0.25) is 5.91 Å². The lowest BCUT2D eigenvalue weighted by Gasteiger charge is -2.40. The number of aliphatic hydroxyl groups excluding tert-OH is 5. The number of unbranched alkanes of at least 4 members (excludes halogenated alkanes) is 33. The van der Waals surface area contributed by atoms with Crippen molar-refractivity contribution in [1.82, 2.24) is 5.32 Å². The number of amides is 1. The average molecular weight is 828 g/mol. The molecular formula is C49H97NO8. The van der Waals surface area contributed by atoms with Crippen LogP contribution in [0.2, 0.25) is 0 Å². The van der Waals surface area contributed by atoms with Crippen molar-refractivity contribution in [1.29, 1.82) is 0 Å². The van der Waals surface area contributed by atoms with E-state index in [1.807, 2.05) is 0 Å². The fourth-order valence-corrected chi connectivity index (χ4v) is 8.40. The standard InChI is InChI=1S/C49H97NO8/c1-3-5-7-9-11-13-15-16-17-18-19-20-21-22-23-24-25-26-27-29-31-33-35-37-39-45(53)50-42(41-57-49-48(56)47(55)46(54)44(40-51)58-49)43(52)38-36-34-32-30-28-14-12-10-8-6-4-2/h42-44,46-49,51-52,54-56H,3-41H2,1-2H3,(H,50,53). The van der Waals surface area contributed by atoms with Crippen LogP contribution in [0.15, 0.2) is 0 Å². The molecule has 1 aliphatic heterocycles. The van der Waals surface area contributed by atoms with Crippen molar-refractivity contribution in [2.75, 3.05) is 13.2 Å². The first-order valence-corrected chi connectivity index (χ1v) is 25.2. The van der Waals surface area contributed by atoms with Crippen molar-refractivity contribution in [3.8, 4) is 0 Å². The first kappa shape index (κ1) is 55.2. The third kappa shape index (κ3) is 30.3. The topological polar surface area (TPSA) is 149 Å². The second-order valence-electron chi connectivity index (χ2n) is 18.0. The van der Waals surface area contributed by atoms with E-state index in [2.05, 4.69) is 19.2 Å². The minimum atomic E-state index is -1.55. The molecule has 7 atom stereocenters. The van der Waals surface area contributed by atoms with Gasteiger partial charge in [0.15, 0.2) is 6.29 Å². The molecule has 7 unspecified atom stereocenters. The Balaban J connectivity index is 2.18. The minimum absolute atomic E-state index is 0.132. The molecule has 1 heterocycles. The van der Waals surface area contributed by atoms with Crippen LogP contribution in [0.3, 0.4) is 0 Å². The van der Waals surface area contributed by atoms with E-state index in [0.29, 0.717) is 12.8 Å². The smallest absolute Gasteiger partial charge is 0.220 e. The summed E-state index contributed by atoms with van der Waals surface area (Å²) in [7, 11) is 0. The highest BCUT2D eigenvalue weighted by Crippen LogP contribution is 2.23. The van der Waals surface area contributed by atoms with Crippen LogP contribution >= 0.6 is 0 Å². The number of hydrogen-bond donors (Lipinski definition) is 6. The molecule has 1 amide bonds. The molecule has 0 aromatic heterocycles. The van der Waals surface area contributed by atoms with Crippen LogP contribution in [0, 0.1) is 0 Å². The second-order valence-corrected chi connectivity index (χ2v) is 18.0. The van der Waals surface area contributed by atoms with Crippen LogP contribution in [0.1, 0.15) is 251 Å². The molecule has 0 aromatic carbocycles. The lowest BCUT2D eigenvalue weighted by atomic mass is 9.99. The molecular weight excluding hydrogens is 731 g/mol. The molecule has 58 heavy (non-hydrogen) atoms. The fraction of sp³-hybridized carbons (Fsp3) is 0.980. The molecule has 0 aliphatic carbocycles. The number of nitrogens with one attached hydrogen (secondary N) is 1. The monoisotopic (exact) mass is 828 g/mol. The maximum atomic E-state index is 13.0. The zero-order chi connectivity index (χ0) is 42.3. The summed E-state index contributed by atoms with van der Waals surface area (Å²) >= 11 is 0. The van der Waals surface area contributed by atoms with Crippen LogP contribution in [-0.4, -0.2) is 87.5 Å². The van der Waals surface area contributed by atoms with Crippen LogP contribution in [-0.2, 0) is 14.3 Å². The summed E-state index contributed by atoms with van der Waals surface area (Å²) < 4.78 is 11.3. The van der Waals surface area contributed by atoms with Crippen LogP contribution in [0.5, 0.6) is 0 Å². The van der Waals surface area contributed by atoms with E-state index in [9.17, 15) is 30.3 Å². The summed E-state index contributed by atoms with van der Waals surface area (Å²) in [4.78, 5) is 13.0. The number of rotatable bonds is 43. The quantitative estimate of drug-likeness (QED) is 0.0333. The van der Waals surface area contributed by atoms with Crippen molar-refractivity contribution in [3.05, 3.63) is 0 Å². The van der Waals surface area contributed by atoms with Gasteiger partial charge in [-0.3, -0.25) is 4.79 Å². The average Bonchev–Trinajstić information content (AvgIpc) is 3.22. The normalized spacial score (nSPS) is 20.7. The molecule has 1 fully saturated rings. The van der Waals surface area contributed by atoms with E-state index < -0.39 is 49.5 Å². The van der Waals surface area contributed by atoms with Gasteiger partial charge in [0.05, 0.1) is 25.4 Å². The van der Waals surface area contributed by atoms with Crippen molar-refractivity contribution in [2.45, 2.75) is 294 Å². The minimum Gasteiger partial charge on any atom is -0.394 e. The predicted octanol–water partition coefficient (Wildman–Crippen LogP) is 11.1. The number of carbonyl (C=O) groups is 1. The maximum absolute atomic E-state index is 13.0. The van der Waals surface area contributed by atoms with Gasteiger partial charge in [-0.05, 0) is 12.8 Å². The number of aliphatic hydroxyl groups is 5. The molecule has 6 N–H and O–H groups in total. The summed E-state index contributed by atoms with van der Waals surface area (Å²) in [6.45, 7) is 3.85. The summed E-state index contributed by atoms with van der Waals surface area (Å²) in [6, 6.07) is -0.711. The third-order valence-electron chi connectivity index (χ3n) is 12.5. The highest BCUT2D eigenvalue weighted by Gasteiger charge is 2.44. The lowest BCUT2D eigenvalue weighted by Crippen LogP contribution is -2.60. The molecule has 0 saturated carbocycles. The van der Waals surface area contributed by atoms with Crippen LogP contribution in [0.25, 0.3) is 0 Å². The molecule has 9 nitrogen and oxygen atoms in total. The van der Waals surface area contributed by atoms with Crippen molar-refractivity contribution in [3.63, 3.8) is 0 Å². The van der Waals surface area contributed by atoms with Gasteiger partial charge in [-0.2, -0.15) is 0 Å². The van der Waals surface area contributed by atoms with E-state index in [4.69, 9.17) is 9.47 Å². The Labute approximate surface area is 357 Å². The number of carbonyl (C=O) groups excluding carboxylic acids is 1. The molecule has 1 saturated heterocycles. The summed E-state index contributed by atoms with van der Waals surface area (Å²) in [5.74, 6) is -0.140. The Hall–Kier alpha value is -0.810.